The minimum atomic E-state index is -1.96. The van der Waals surface area contributed by atoms with Crippen molar-refractivity contribution in [2.75, 3.05) is 25.5 Å². The van der Waals surface area contributed by atoms with Crippen LogP contribution in [-0.4, -0.2) is 38.2 Å². The van der Waals surface area contributed by atoms with Gasteiger partial charge in [-0.05, 0) is 12.1 Å². The molecule has 0 saturated heterocycles. The van der Waals surface area contributed by atoms with E-state index in [1.807, 2.05) is 6.07 Å². The van der Waals surface area contributed by atoms with Gasteiger partial charge in [-0.2, -0.15) is 5.26 Å². The molecule has 0 aliphatic heterocycles. The highest BCUT2D eigenvalue weighted by atomic mass is 32.2. The van der Waals surface area contributed by atoms with Crippen LogP contribution in [-0.2, 0) is 11.3 Å². The summed E-state index contributed by atoms with van der Waals surface area (Å²) in [6, 6.07) is 5.42. The normalized spacial score (nSPS) is 12.1. The first-order valence-electron chi connectivity index (χ1n) is 4.56. The zero-order chi connectivity index (χ0) is 12.0. The van der Waals surface area contributed by atoms with E-state index in [4.69, 9.17) is 9.81 Å². The van der Waals surface area contributed by atoms with Crippen LogP contribution in [0.4, 0.5) is 5.69 Å². The van der Waals surface area contributed by atoms with Gasteiger partial charge in [-0.3, -0.25) is 4.55 Å². The topological polar surface area (TPSA) is 89.3 Å². The van der Waals surface area contributed by atoms with Gasteiger partial charge in [0.25, 0.3) is 0 Å². The molecule has 1 heterocycles. The van der Waals surface area contributed by atoms with Crippen molar-refractivity contribution in [2.45, 2.75) is 0 Å². The molecule has 6 nitrogen and oxygen atoms in total. The zero-order valence-corrected chi connectivity index (χ0v) is 9.57. The van der Waals surface area contributed by atoms with E-state index in [9.17, 15) is 4.21 Å². The number of hydrogen-bond acceptors (Lipinski definition) is 4. The smallest absolute Gasteiger partial charge is 0.234 e. The number of pyridine rings is 1. The van der Waals surface area contributed by atoms with Crippen molar-refractivity contribution in [1.82, 2.24) is 9.29 Å². The molecule has 1 unspecified atom stereocenters. The highest BCUT2D eigenvalue weighted by Crippen LogP contribution is 2.09. The van der Waals surface area contributed by atoms with E-state index in [0.29, 0.717) is 24.5 Å². The average Bonchev–Trinajstić information content (AvgIpc) is 2.29. The van der Waals surface area contributed by atoms with Crippen LogP contribution in [0.25, 0.3) is 0 Å². The zero-order valence-electron chi connectivity index (χ0n) is 8.75. The first kappa shape index (κ1) is 12.6. The summed E-state index contributed by atoms with van der Waals surface area (Å²) < 4.78 is 20.6. The van der Waals surface area contributed by atoms with E-state index in [2.05, 4.69) is 10.3 Å². The maximum absolute atomic E-state index is 10.6. The summed E-state index contributed by atoms with van der Waals surface area (Å²) in [6.07, 6.45) is 1.54. The van der Waals surface area contributed by atoms with Crippen LogP contribution >= 0.6 is 0 Å². The molecule has 0 fully saturated rings. The van der Waals surface area contributed by atoms with Gasteiger partial charge in [0, 0.05) is 26.3 Å². The van der Waals surface area contributed by atoms with Crippen molar-refractivity contribution in [3.05, 3.63) is 24.0 Å². The summed E-state index contributed by atoms with van der Waals surface area (Å²) in [5, 5.41) is 11.7. The Morgan fingerprint density at radius 1 is 1.75 bits per heavy atom. The second-order valence-corrected chi connectivity index (χ2v) is 4.11. The van der Waals surface area contributed by atoms with Crippen LogP contribution in [0, 0.1) is 11.3 Å². The number of aromatic nitrogens is 1. The minimum absolute atomic E-state index is 0.315. The molecule has 86 valence electrons. The van der Waals surface area contributed by atoms with Gasteiger partial charge in [0.1, 0.15) is 6.07 Å². The third-order valence-electron chi connectivity index (χ3n) is 1.92. The lowest BCUT2D eigenvalue weighted by molar-refractivity contribution is 0.457. The molecule has 0 aromatic carbocycles. The van der Waals surface area contributed by atoms with Gasteiger partial charge >= 0.3 is 0 Å². The van der Waals surface area contributed by atoms with E-state index < -0.39 is 11.3 Å². The van der Waals surface area contributed by atoms with Crippen molar-refractivity contribution in [3.8, 4) is 6.07 Å². The summed E-state index contributed by atoms with van der Waals surface area (Å²) in [5.41, 5.74) is 0.942. The number of anilines is 1. The molecule has 2 N–H and O–H groups in total. The maximum Gasteiger partial charge on any atom is 0.234 e. The predicted octanol–water partition coefficient (Wildman–Crippen LogP) is 0.434. The molecule has 0 saturated carbocycles. The van der Waals surface area contributed by atoms with E-state index in [1.54, 1.807) is 18.3 Å². The summed E-state index contributed by atoms with van der Waals surface area (Å²) in [6.45, 7) is 0.853. The second-order valence-electron chi connectivity index (χ2n) is 3.02. The number of nitrogens with one attached hydrogen (secondary N) is 1. The monoisotopic (exact) mass is 240 g/mol. The Hall–Kier alpha value is -1.49. The molecule has 0 amide bonds. The van der Waals surface area contributed by atoms with Crippen molar-refractivity contribution in [3.63, 3.8) is 0 Å². The van der Waals surface area contributed by atoms with Crippen LogP contribution in [0.2, 0.25) is 0 Å². The molecule has 7 heteroatoms. The lowest BCUT2D eigenvalue weighted by Crippen LogP contribution is -2.26. The van der Waals surface area contributed by atoms with Gasteiger partial charge in [-0.25, -0.2) is 13.5 Å². The fourth-order valence-corrected chi connectivity index (χ4v) is 1.31. The first-order chi connectivity index (χ1) is 7.65. The number of hydrogen-bond donors (Lipinski definition) is 2. The third-order valence-corrected chi connectivity index (χ3v) is 2.64. The molecule has 0 aliphatic rings. The Bertz CT molecular complexity index is 418. The van der Waals surface area contributed by atoms with Gasteiger partial charge < -0.3 is 5.32 Å². The Labute approximate surface area is 96.3 Å². The number of nitriles is 1. The van der Waals surface area contributed by atoms with Crippen molar-refractivity contribution in [1.29, 1.82) is 5.26 Å². The average molecular weight is 240 g/mol. The van der Waals surface area contributed by atoms with Crippen LogP contribution in [0.15, 0.2) is 18.3 Å². The largest absolute Gasteiger partial charge is 0.381 e. The van der Waals surface area contributed by atoms with E-state index in [1.165, 1.54) is 11.4 Å². The Kier molecular flexibility index (Phi) is 4.85. The molecule has 0 aliphatic carbocycles. The Morgan fingerprint density at radius 3 is 3.12 bits per heavy atom. The highest BCUT2D eigenvalue weighted by Gasteiger charge is 2.05. The van der Waals surface area contributed by atoms with Crippen LogP contribution in [0.5, 0.6) is 0 Å². The van der Waals surface area contributed by atoms with Gasteiger partial charge in [0.2, 0.25) is 11.3 Å². The van der Waals surface area contributed by atoms with E-state index >= 15 is 0 Å². The third kappa shape index (κ3) is 3.58. The molecule has 0 radical (unpaired) electrons. The second kappa shape index (κ2) is 6.17. The summed E-state index contributed by atoms with van der Waals surface area (Å²) in [4.78, 5) is 3.88. The fourth-order valence-electron chi connectivity index (χ4n) is 1.06. The molecule has 1 aromatic heterocycles. The van der Waals surface area contributed by atoms with Crippen LogP contribution in [0.1, 0.15) is 5.69 Å². The van der Waals surface area contributed by atoms with Crippen LogP contribution < -0.4 is 5.32 Å². The van der Waals surface area contributed by atoms with Gasteiger partial charge in [-0.1, -0.05) is 0 Å². The predicted molar refractivity (Wildman–Crippen MR) is 60.8 cm³/mol. The number of rotatable bonds is 5. The highest BCUT2D eigenvalue weighted by molar-refractivity contribution is 7.76. The summed E-state index contributed by atoms with van der Waals surface area (Å²) >= 11 is -1.96. The molecule has 1 atom stereocenters. The van der Waals surface area contributed by atoms with Crippen molar-refractivity contribution >= 4 is 17.0 Å². The molecule has 0 bridgehead atoms. The fraction of sp³-hybridized carbons (Fsp3) is 0.333. The molecular formula is C9H12N4O2S. The summed E-state index contributed by atoms with van der Waals surface area (Å²) in [7, 11) is 1.53. The lowest BCUT2D eigenvalue weighted by Gasteiger charge is -2.12. The maximum atomic E-state index is 10.6. The summed E-state index contributed by atoms with van der Waals surface area (Å²) in [5.74, 6) is 0. The van der Waals surface area contributed by atoms with Gasteiger partial charge in [-0.15, -0.1) is 0 Å². The lowest BCUT2D eigenvalue weighted by atomic mass is 10.3. The first-order valence-corrected chi connectivity index (χ1v) is 5.62. The molecular weight excluding hydrogens is 228 g/mol. The van der Waals surface area contributed by atoms with Crippen molar-refractivity contribution in [2.24, 2.45) is 0 Å². The Morgan fingerprint density at radius 2 is 2.50 bits per heavy atom. The standard InChI is InChI=1S/C9H12N4O2S/c1-13(16(14)15)6-5-12-8-3-2-4-11-9(8)7-10/h2-4,12H,5-6H2,1H3,(H,14,15). The molecule has 1 rings (SSSR count). The van der Waals surface area contributed by atoms with E-state index in [0.717, 1.165) is 0 Å². The molecule has 16 heavy (non-hydrogen) atoms. The SMILES string of the molecule is CN(CCNc1cccnc1C#N)S(=O)O. The Balaban J connectivity index is 2.49. The number of likely N-dealkylation sites (N-methyl/N-ethyl adjacent to an activating group) is 1. The van der Waals surface area contributed by atoms with Crippen LogP contribution in [0.3, 0.4) is 0 Å². The van der Waals surface area contributed by atoms with Crippen molar-refractivity contribution < 1.29 is 8.76 Å². The quantitative estimate of drug-likeness (QED) is 0.729. The number of nitrogens with zero attached hydrogens (tertiary/aromatic N) is 3. The molecule has 0 spiro atoms. The van der Waals surface area contributed by atoms with Gasteiger partial charge in [0.15, 0.2) is 5.69 Å². The van der Waals surface area contributed by atoms with Gasteiger partial charge in [0.05, 0.1) is 5.69 Å². The molecule has 1 aromatic rings. The van der Waals surface area contributed by atoms with E-state index in [-0.39, 0.29) is 0 Å². The minimum Gasteiger partial charge on any atom is -0.381 e.